The molecule has 0 aliphatic heterocycles. The summed E-state index contributed by atoms with van der Waals surface area (Å²) in [6, 6.07) is 8.69. The van der Waals surface area contributed by atoms with Crippen molar-refractivity contribution in [3.8, 4) is 5.75 Å². The van der Waals surface area contributed by atoms with Crippen LogP contribution >= 0.6 is 27.5 Å². The number of halogens is 3. The summed E-state index contributed by atoms with van der Waals surface area (Å²) in [4.78, 5) is 11.9. The average molecular weight is 345 g/mol. The zero-order valence-electron chi connectivity index (χ0n) is 9.45. The number of nitrogens with one attached hydrogen (secondary N) is 1. The quantitative estimate of drug-likeness (QED) is 0.858. The highest BCUT2D eigenvalue weighted by molar-refractivity contribution is 9.10. The van der Waals surface area contributed by atoms with Gasteiger partial charge in [-0.15, -0.1) is 0 Å². The first-order valence-electron chi connectivity index (χ1n) is 5.23. The molecule has 6 heteroatoms. The molecule has 0 radical (unpaired) electrons. The van der Waals surface area contributed by atoms with Crippen molar-refractivity contribution in [3.05, 3.63) is 57.3 Å². The largest absolute Gasteiger partial charge is 0.507 e. The molecule has 0 bridgehead atoms. The highest BCUT2D eigenvalue weighted by atomic mass is 79.9. The molecule has 0 aliphatic rings. The van der Waals surface area contributed by atoms with E-state index in [1.54, 1.807) is 6.07 Å². The molecule has 98 valence electrons. The van der Waals surface area contributed by atoms with Gasteiger partial charge in [-0.2, -0.15) is 0 Å². The van der Waals surface area contributed by atoms with Crippen molar-refractivity contribution < 1.29 is 14.3 Å². The number of phenolic OH excluding ortho intramolecular Hbond substituents is 1. The highest BCUT2D eigenvalue weighted by Gasteiger charge is 2.14. The van der Waals surface area contributed by atoms with Crippen LogP contribution in [0.25, 0.3) is 0 Å². The van der Waals surface area contributed by atoms with E-state index in [-0.39, 0.29) is 22.0 Å². The molecule has 1 amide bonds. The Balaban J connectivity index is 2.28. The van der Waals surface area contributed by atoms with Crippen LogP contribution in [0.3, 0.4) is 0 Å². The third-order valence-corrected chi connectivity index (χ3v) is 3.19. The lowest BCUT2D eigenvalue weighted by Crippen LogP contribution is -2.13. The number of hydrogen-bond donors (Lipinski definition) is 2. The molecule has 0 saturated carbocycles. The lowest BCUT2D eigenvalue weighted by Gasteiger charge is -2.08. The van der Waals surface area contributed by atoms with Gasteiger partial charge in [0.1, 0.15) is 5.75 Å². The van der Waals surface area contributed by atoms with Gasteiger partial charge in [-0.25, -0.2) is 4.39 Å². The summed E-state index contributed by atoms with van der Waals surface area (Å²) in [6.07, 6.45) is 0. The van der Waals surface area contributed by atoms with Gasteiger partial charge in [0.25, 0.3) is 5.91 Å². The Morgan fingerprint density at radius 1 is 1.32 bits per heavy atom. The SMILES string of the molecule is O=C(Nc1cccc(Cl)c1F)c1ccc(Br)cc1O. The van der Waals surface area contributed by atoms with E-state index < -0.39 is 11.7 Å². The second-order valence-corrected chi connectivity index (χ2v) is 5.04. The van der Waals surface area contributed by atoms with Gasteiger partial charge in [0.05, 0.1) is 16.3 Å². The number of hydrogen-bond acceptors (Lipinski definition) is 2. The zero-order chi connectivity index (χ0) is 14.0. The van der Waals surface area contributed by atoms with E-state index in [0.29, 0.717) is 4.47 Å². The Morgan fingerprint density at radius 2 is 2.05 bits per heavy atom. The minimum Gasteiger partial charge on any atom is -0.507 e. The summed E-state index contributed by atoms with van der Waals surface area (Å²) in [5.74, 6) is -1.53. The fourth-order valence-corrected chi connectivity index (χ4v) is 2.01. The maximum Gasteiger partial charge on any atom is 0.259 e. The Labute approximate surface area is 122 Å². The Morgan fingerprint density at radius 3 is 2.74 bits per heavy atom. The van der Waals surface area contributed by atoms with E-state index >= 15 is 0 Å². The number of aromatic hydroxyl groups is 1. The van der Waals surface area contributed by atoms with Crippen LogP contribution in [0.15, 0.2) is 40.9 Å². The van der Waals surface area contributed by atoms with E-state index in [0.717, 1.165) is 0 Å². The Hall–Kier alpha value is -1.59. The first-order chi connectivity index (χ1) is 8.99. The summed E-state index contributed by atoms with van der Waals surface area (Å²) in [7, 11) is 0. The summed E-state index contributed by atoms with van der Waals surface area (Å²) in [5.41, 5.74) is 0.00222. The highest BCUT2D eigenvalue weighted by Crippen LogP contribution is 2.25. The molecule has 19 heavy (non-hydrogen) atoms. The molecular weight excluding hydrogens is 337 g/mol. The van der Waals surface area contributed by atoms with Gasteiger partial charge in [-0.1, -0.05) is 33.6 Å². The molecule has 2 aromatic rings. The smallest absolute Gasteiger partial charge is 0.259 e. The predicted octanol–water partition coefficient (Wildman–Crippen LogP) is 4.20. The third kappa shape index (κ3) is 3.05. The van der Waals surface area contributed by atoms with Crippen molar-refractivity contribution in [2.75, 3.05) is 5.32 Å². The first-order valence-corrected chi connectivity index (χ1v) is 6.40. The van der Waals surface area contributed by atoms with Gasteiger partial charge in [0.2, 0.25) is 0 Å². The van der Waals surface area contributed by atoms with Crippen molar-refractivity contribution in [2.45, 2.75) is 0 Å². The van der Waals surface area contributed by atoms with Gasteiger partial charge in [0.15, 0.2) is 5.82 Å². The van der Waals surface area contributed by atoms with E-state index in [4.69, 9.17) is 11.6 Å². The van der Waals surface area contributed by atoms with Gasteiger partial charge in [-0.05, 0) is 30.3 Å². The van der Waals surface area contributed by atoms with Crippen LogP contribution in [0.1, 0.15) is 10.4 Å². The van der Waals surface area contributed by atoms with Crippen molar-refractivity contribution >= 4 is 39.1 Å². The number of phenols is 1. The lowest BCUT2D eigenvalue weighted by atomic mass is 10.2. The molecule has 3 nitrogen and oxygen atoms in total. The van der Waals surface area contributed by atoms with Crippen LogP contribution in [-0.2, 0) is 0 Å². The van der Waals surface area contributed by atoms with Crippen LogP contribution in [0, 0.1) is 5.82 Å². The topological polar surface area (TPSA) is 49.3 Å². The minimum absolute atomic E-state index is 0.0418. The Bertz CT molecular complexity index is 649. The maximum absolute atomic E-state index is 13.6. The second kappa shape index (κ2) is 5.59. The van der Waals surface area contributed by atoms with Gasteiger partial charge < -0.3 is 10.4 Å². The zero-order valence-corrected chi connectivity index (χ0v) is 11.8. The summed E-state index contributed by atoms with van der Waals surface area (Å²) < 4.78 is 14.3. The van der Waals surface area contributed by atoms with E-state index in [9.17, 15) is 14.3 Å². The molecule has 0 atom stereocenters. The number of anilines is 1. The van der Waals surface area contributed by atoms with Gasteiger partial charge in [-0.3, -0.25) is 4.79 Å². The lowest BCUT2D eigenvalue weighted by molar-refractivity contribution is 0.102. The molecule has 0 heterocycles. The van der Waals surface area contributed by atoms with E-state index in [1.165, 1.54) is 30.3 Å². The number of carbonyl (C=O) groups is 1. The molecule has 0 unspecified atom stereocenters. The van der Waals surface area contributed by atoms with Crippen molar-refractivity contribution in [1.82, 2.24) is 0 Å². The average Bonchev–Trinajstić information content (AvgIpc) is 2.34. The first kappa shape index (κ1) is 13.8. The van der Waals surface area contributed by atoms with Crippen LogP contribution in [0.5, 0.6) is 5.75 Å². The van der Waals surface area contributed by atoms with Crippen molar-refractivity contribution in [3.63, 3.8) is 0 Å². The standard InChI is InChI=1S/C13H8BrClFNO2/c14-7-4-5-8(11(18)6-7)13(19)17-10-3-1-2-9(15)12(10)16/h1-6,18H,(H,17,19). The monoisotopic (exact) mass is 343 g/mol. The normalized spacial score (nSPS) is 10.3. The summed E-state index contributed by atoms with van der Waals surface area (Å²) >= 11 is 8.78. The fourth-order valence-electron chi connectivity index (χ4n) is 1.49. The van der Waals surface area contributed by atoms with Gasteiger partial charge in [0, 0.05) is 4.47 Å². The predicted molar refractivity (Wildman–Crippen MR) is 75.2 cm³/mol. The second-order valence-electron chi connectivity index (χ2n) is 3.72. The van der Waals surface area contributed by atoms with Crippen LogP contribution in [0.2, 0.25) is 5.02 Å². The number of carbonyl (C=O) groups excluding carboxylic acids is 1. The molecule has 0 spiro atoms. The molecular formula is C13H8BrClFNO2. The number of rotatable bonds is 2. The van der Waals surface area contributed by atoms with Crippen molar-refractivity contribution in [1.29, 1.82) is 0 Å². The summed E-state index contributed by atoms with van der Waals surface area (Å²) in [5, 5.41) is 11.9. The third-order valence-electron chi connectivity index (χ3n) is 2.40. The Kier molecular flexibility index (Phi) is 4.07. The molecule has 0 saturated heterocycles. The molecule has 2 rings (SSSR count). The van der Waals surface area contributed by atoms with Crippen LogP contribution in [-0.4, -0.2) is 11.0 Å². The van der Waals surface area contributed by atoms with Crippen LogP contribution < -0.4 is 5.32 Å². The van der Waals surface area contributed by atoms with E-state index in [2.05, 4.69) is 21.2 Å². The fraction of sp³-hybridized carbons (Fsp3) is 0. The molecule has 2 aromatic carbocycles. The van der Waals surface area contributed by atoms with E-state index in [1.807, 2.05) is 0 Å². The minimum atomic E-state index is -0.714. The molecule has 2 N–H and O–H groups in total. The molecule has 0 aromatic heterocycles. The number of amides is 1. The summed E-state index contributed by atoms with van der Waals surface area (Å²) in [6.45, 7) is 0. The van der Waals surface area contributed by atoms with Crippen molar-refractivity contribution in [2.24, 2.45) is 0 Å². The molecule has 0 fully saturated rings. The molecule has 0 aliphatic carbocycles. The van der Waals surface area contributed by atoms with Gasteiger partial charge >= 0.3 is 0 Å². The number of benzene rings is 2. The maximum atomic E-state index is 13.6. The van der Waals surface area contributed by atoms with Crippen LogP contribution in [0.4, 0.5) is 10.1 Å².